The van der Waals surface area contributed by atoms with E-state index in [1.807, 2.05) is 20.2 Å². The summed E-state index contributed by atoms with van der Waals surface area (Å²) in [6.07, 6.45) is 12.2. The van der Waals surface area contributed by atoms with E-state index in [0.29, 0.717) is 23.8 Å². The van der Waals surface area contributed by atoms with Gasteiger partial charge in [-0.1, -0.05) is 13.0 Å². The first-order valence-corrected chi connectivity index (χ1v) is 10.4. The molecule has 3 rings (SSSR count). The molecule has 1 aromatic carbocycles. The summed E-state index contributed by atoms with van der Waals surface area (Å²) < 4.78 is 5.83. The lowest BCUT2D eigenvalue weighted by Crippen LogP contribution is -2.18. The predicted molar refractivity (Wildman–Crippen MR) is 121 cm³/mol. The van der Waals surface area contributed by atoms with Crippen LogP contribution in [0.2, 0.25) is 0 Å². The normalized spacial score (nSPS) is 20.4. The minimum Gasteiger partial charge on any atom is -0.494 e. The molecule has 5 heteroatoms. The van der Waals surface area contributed by atoms with Crippen LogP contribution in [0.4, 0.5) is 11.4 Å². The fourth-order valence-electron chi connectivity index (χ4n) is 4.17. The van der Waals surface area contributed by atoms with Crippen LogP contribution < -0.4 is 11.1 Å². The van der Waals surface area contributed by atoms with Crippen molar-refractivity contribution in [3.8, 4) is 0 Å². The fourth-order valence-corrected chi connectivity index (χ4v) is 4.17. The highest BCUT2D eigenvalue weighted by molar-refractivity contribution is 6.06. The molecule has 0 radical (unpaired) electrons. The number of amides is 1. The number of nitrogens with one attached hydrogen (secondary N) is 1. The molecule has 0 aromatic heterocycles. The van der Waals surface area contributed by atoms with Crippen molar-refractivity contribution >= 4 is 29.1 Å². The maximum Gasteiger partial charge on any atom is 0.253 e. The van der Waals surface area contributed by atoms with Gasteiger partial charge in [0.2, 0.25) is 0 Å². The van der Waals surface area contributed by atoms with Gasteiger partial charge in [-0.25, -0.2) is 0 Å². The number of benzene rings is 1. The second-order valence-electron chi connectivity index (χ2n) is 7.44. The van der Waals surface area contributed by atoms with Crippen LogP contribution in [0.25, 0.3) is 5.57 Å². The minimum atomic E-state index is -0.453. The molecule has 1 aromatic rings. The topological polar surface area (TPSA) is 76.7 Å². The van der Waals surface area contributed by atoms with Crippen LogP contribution in [0.15, 0.2) is 40.6 Å². The fraction of sp³-hybridized carbons (Fsp3) is 0.417. The highest BCUT2D eigenvalue weighted by Gasteiger charge is 2.28. The van der Waals surface area contributed by atoms with Crippen molar-refractivity contribution < 1.29 is 9.53 Å². The van der Waals surface area contributed by atoms with Gasteiger partial charge in [-0.2, -0.15) is 0 Å². The van der Waals surface area contributed by atoms with Crippen LogP contribution in [-0.4, -0.2) is 25.8 Å². The number of fused-ring (bicyclic) bond motifs is 1. The average molecular weight is 394 g/mol. The molecule has 1 aliphatic heterocycles. The van der Waals surface area contributed by atoms with Crippen molar-refractivity contribution in [2.24, 2.45) is 10.7 Å². The molecule has 5 nitrogen and oxygen atoms in total. The first-order chi connectivity index (χ1) is 14.0. The number of nitrogens with two attached hydrogens (primary N) is 1. The standard InChI is InChI=1S/C24H31N3O2/c1-5-16-11-12-27-23-21(16)18(14-19(26-4)22(23)24(25)28)17-9-7-8-10-20(29-6-2)15(3)13-17/h9-10,12-14,16,26H,5-8,11H2,1-4H3,(H2,25,28)/b15-13-,17-9?,20-10?. The monoisotopic (exact) mass is 393 g/mol. The Balaban J connectivity index is 2.25. The number of allylic oxidation sites excluding steroid dienone is 5. The predicted octanol–water partition coefficient (Wildman–Crippen LogP) is 5.47. The zero-order valence-electron chi connectivity index (χ0n) is 17.8. The van der Waals surface area contributed by atoms with Crippen molar-refractivity contribution in [3.05, 3.63) is 52.3 Å². The van der Waals surface area contributed by atoms with Crippen LogP contribution in [0.5, 0.6) is 0 Å². The van der Waals surface area contributed by atoms with E-state index in [2.05, 4.69) is 48.5 Å². The van der Waals surface area contributed by atoms with Crippen molar-refractivity contribution in [1.29, 1.82) is 0 Å². The summed E-state index contributed by atoms with van der Waals surface area (Å²) in [6.45, 7) is 6.91. The number of anilines is 1. The third kappa shape index (κ3) is 4.14. The van der Waals surface area contributed by atoms with E-state index in [9.17, 15) is 4.79 Å². The van der Waals surface area contributed by atoms with Gasteiger partial charge in [-0.15, -0.1) is 0 Å². The molecule has 0 saturated carbocycles. The molecule has 0 saturated heterocycles. The molecule has 1 atom stereocenters. The van der Waals surface area contributed by atoms with E-state index in [1.165, 1.54) is 0 Å². The van der Waals surface area contributed by atoms with Gasteiger partial charge >= 0.3 is 0 Å². The van der Waals surface area contributed by atoms with Gasteiger partial charge in [-0.05, 0) is 85.9 Å². The van der Waals surface area contributed by atoms with Gasteiger partial charge in [0.15, 0.2) is 0 Å². The largest absolute Gasteiger partial charge is 0.494 e. The van der Waals surface area contributed by atoms with Gasteiger partial charge in [-0.3, -0.25) is 9.79 Å². The van der Waals surface area contributed by atoms with Crippen LogP contribution >= 0.6 is 0 Å². The number of ether oxygens (including phenoxy) is 1. The number of carbonyl (C=O) groups excluding carboxylic acids is 1. The zero-order chi connectivity index (χ0) is 21.0. The summed E-state index contributed by atoms with van der Waals surface area (Å²) >= 11 is 0. The number of primary amides is 1. The summed E-state index contributed by atoms with van der Waals surface area (Å²) in [6, 6.07) is 2.06. The van der Waals surface area contributed by atoms with E-state index < -0.39 is 5.91 Å². The Hall–Kier alpha value is -2.82. The number of hydrogen-bond donors (Lipinski definition) is 2. The number of rotatable bonds is 6. The second-order valence-corrected chi connectivity index (χ2v) is 7.44. The third-order valence-corrected chi connectivity index (χ3v) is 5.60. The first kappa shape index (κ1) is 20.9. The van der Waals surface area contributed by atoms with Gasteiger partial charge in [0.1, 0.15) is 5.76 Å². The van der Waals surface area contributed by atoms with Crippen molar-refractivity contribution in [1.82, 2.24) is 0 Å². The summed E-state index contributed by atoms with van der Waals surface area (Å²) in [5, 5.41) is 3.15. The summed E-state index contributed by atoms with van der Waals surface area (Å²) in [5.74, 6) is 0.800. The van der Waals surface area contributed by atoms with E-state index in [-0.39, 0.29) is 0 Å². The minimum absolute atomic E-state index is 0.309. The summed E-state index contributed by atoms with van der Waals surface area (Å²) in [4.78, 5) is 16.9. The average Bonchev–Trinajstić information content (AvgIpc) is 2.71. The Bertz CT molecular complexity index is 923. The van der Waals surface area contributed by atoms with Crippen molar-refractivity contribution in [3.63, 3.8) is 0 Å². The van der Waals surface area contributed by atoms with Gasteiger partial charge in [0.05, 0.1) is 17.9 Å². The lowest BCUT2D eigenvalue weighted by molar-refractivity contribution is 0.100. The third-order valence-electron chi connectivity index (χ3n) is 5.60. The second kappa shape index (κ2) is 9.12. The molecule has 1 amide bonds. The highest BCUT2D eigenvalue weighted by Crippen LogP contribution is 2.45. The number of aliphatic imine (C=N–C) groups is 1. The summed E-state index contributed by atoms with van der Waals surface area (Å²) in [5.41, 5.74) is 12.1. The Morgan fingerprint density at radius 2 is 2.07 bits per heavy atom. The molecule has 1 heterocycles. The highest BCUT2D eigenvalue weighted by atomic mass is 16.5. The van der Waals surface area contributed by atoms with Crippen LogP contribution in [-0.2, 0) is 4.74 Å². The molecule has 0 spiro atoms. The lowest BCUT2D eigenvalue weighted by Gasteiger charge is -2.27. The lowest BCUT2D eigenvalue weighted by atomic mass is 9.81. The van der Waals surface area contributed by atoms with Gasteiger partial charge < -0.3 is 15.8 Å². The molecule has 2 aliphatic rings. The van der Waals surface area contributed by atoms with Crippen molar-refractivity contribution in [2.75, 3.05) is 19.0 Å². The smallest absolute Gasteiger partial charge is 0.253 e. The van der Waals surface area contributed by atoms with Crippen LogP contribution in [0, 0.1) is 0 Å². The molecule has 29 heavy (non-hydrogen) atoms. The zero-order valence-corrected chi connectivity index (χ0v) is 17.8. The van der Waals surface area contributed by atoms with E-state index in [4.69, 9.17) is 10.5 Å². The Labute approximate surface area is 173 Å². The van der Waals surface area contributed by atoms with Gasteiger partial charge in [0, 0.05) is 18.9 Å². The Morgan fingerprint density at radius 3 is 2.72 bits per heavy atom. The van der Waals surface area contributed by atoms with Gasteiger partial charge in [0.25, 0.3) is 5.91 Å². The molecule has 1 unspecified atom stereocenters. The number of carbonyl (C=O) groups is 1. The van der Waals surface area contributed by atoms with Crippen LogP contribution in [0.1, 0.15) is 73.9 Å². The maximum atomic E-state index is 12.3. The van der Waals surface area contributed by atoms with E-state index >= 15 is 0 Å². The molecule has 0 bridgehead atoms. The van der Waals surface area contributed by atoms with Crippen molar-refractivity contribution in [2.45, 2.75) is 52.4 Å². The number of hydrogen-bond acceptors (Lipinski definition) is 4. The quantitative estimate of drug-likeness (QED) is 0.673. The van der Waals surface area contributed by atoms with E-state index in [0.717, 1.165) is 59.4 Å². The van der Waals surface area contributed by atoms with E-state index in [1.54, 1.807) is 0 Å². The maximum absolute atomic E-state index is 12.3. The first-order valence-electron chi connectivity index (χ1n) is 10.4. The Kier molecular flexibility index (Phi) is 6.57. The molecule has 1 aliphatic carbocycles. The van der Waals surface area contributed by atoms with Crippen LogP contribution in [0.3, 0.4) is 0 Å². The molecule has 154 valence electrons. The molecular weight excluding hydrogens is 362 g/mol. The Morgan fingerprint density at radius 1 is 1.31 bits per heavy atom. The summed E-state index contributed by atoms with van der Waals surface area (Å²) in [7, 11) is 1.81. The molecule has 0 fully saturated rings. The molecular formula is C24H31N3O2. The SMILES string of the molecule is CCOC1=CCCC=C(c2cc(NC)c(C(N)=O)c3c2C(CC)CC=N3)/C=C\1C. The molecule has 3 N–H and O–H groups in total. The number of nitrogens with zero attached hydrogens (tertiary/aromatic N) is 1.